The zero-order valence-electron chi connectivity index (χ0n) is 16.9. The summed E-state index contributed by atoms with van der Waals surface area (Å²) in [6, 6.07) is 18.8. The number of carbonyl (C=O) groups is 1. The maximum atomic E-state index is 13.6. The van der Waals surface area contributed by atoms with Crippen molar-refractivity contribution < 1.29 is 9.90 Å². The van der Waals surface area contributed by atoms with Crippen LogP contribution in [0.2, 0.25) is 0 Å². The summed E-state index contributed by atoms with van der Waals surface area (Å²) in [5.74, 6) is 0.0626. The monoisotopic (exact) mass is 397 g/mol. The van der Waals surface area contributed by atoms with Crippen LogP contribution in [0.3, 0.4) is 0 Å². The number of nitrogens with zero attached hydrogens (tertiary/aromatic N) is 2. The Morgan fingerprint density at radius 3 is 2.67 bits per heavy atom. The van der Waals surface area contributed by atoms with Gasteiger partial charge < -0.3 is 10.4 Å². The van der Waals surface area contributed by atoms with Gasteiger partial charge in [0.15, 0.2) is 0 Å². The van der Waals surface area contributed by atoms with Crippen molar-refractivity contribution in [3.05, 3.63) is 77.5 Å². The third kappa shape index (κ3) is 3.08. The zero-order valence-corrected chi connectivity index (χ0v) is 16.9. The van der Waals surface area contributed by atoms with Gasteiger partial charge in [0.2, 0.25) is 0 Å². The molecule has 0 saturated heterocycles. The fourth-order valence-electron chi connectivity index (χ4n) is 4.36. The standard InChI is InChI=1S/C25H23N3O2/c1-2-28-14-13-22-19(15-28)24(18-7-3-4-10-21(18)26-22)25(30)27-20-11-5-9-17-16(20)8-6-12-23(17)29/h3-12,29H,2,13-15H2,1H3,(H,27,30). The molecule has 1 aliphatic rings. The Bertz CT molecular complexity index is 1280. The van der Waals surface area contributed by atoms with Gasteiger partial charge in [-0.25, -0.2) is 0 Å². The summed E-state index contributed by atoms with van der Waals surface area (Å²) in [6.45, 7) is 4.76. The van der Waals surface area contributed by atoms with E-state index in [0.717, 1.165) is 53.6 Å². The number of phenols is 1. The topological polar surface area (TPSA) is 65.5 Å². The van der Waals surface area contributed by atoms with Crippen LogP contribution in [0.15, 0.2) is 60.7 Å². The number of hydrogen-bond acceptors (Lipinski definition) is 4. The van der Waals surface area contributed by atoms with E-state index in [-0.39, 0.29) is 11.7 Å². The number of aromatic nitrogens is 1. The number of hydrogen-bond donors (Lipinski definition) is 2. The highest BCUT2D eigenvalue weighted by Crippen LogP contribution is 2.32. The van der Waals surface area contributed by atoms with Crippen molar-refractivity contribution in [2.24, 2.45) is 0 Å². The third-order valence-electron chi connectivity index (χ3n) is 5.95. The number of amides is 1. The van der Waals surface area contributed by atoms with Gasteiger partial charge in [-0.3, -0.25) is 14.7 Å². The second-order valence-corrected chi connectivity index (χ2v) is 7.68. The minimum atomic E-state index is -0.140. The first-order valence-electron chi connectivity index (χ1n) is 10.3. The minimum absolute atomic E-state index is 0.140. The number of rotatable bonds is 3. The number of para-hydroxylation sites is 1. The second-order valence-electron chi connectivity index (χ2n) is 7.68. The highest BCUT2D eigenvalue weighted by molar-refractivity contribution is 6.16. The molecule has 0 fully saturated rings. The molecule has 3 aromatic carbocycles. The van der Waals surface area contributed by atoms with Crippen LogP contribution in [0.5, 0.6) is 5.75 Å². The number of carbonyl (C=O) groups excluding carboxylic acids is 1. The fraction of sp³-hybridized carbons (Fsp3) is 0.200. The third-order valence-corrected chi connectivity index (χ3v) is 5.95. The molecule has 1 aliphatic heterocycles. The number of fused-ring (bicyclic) bond motifs is 3. The average Bonchev–Trinajstić information content (AvgIpc) is 2.77. The van der Waals surface area contributed by atoms with Gasteiger partial charge in [0.05, 0.1) is 11.1 Å². The van der Waals surface area contributed by atoms with Crippen LogP contribution in [0.4, 0.5) is 5.69 Å². The van der Waals surface area contributed by atoms with Crippen molar-refractivity contribution in [1.29, 1.82) is 0 Å². The summed E-state index contributed by atoms with van der Waals surface area (Å²) in [5, 5.41) is 15.7. The van der Waals surface area contributed by atoms with Crippen LogP contribution < -0.4 is 5.32 Å². The molecular weight excluding hydrogens is 374 g/mol. The average molecular weight is 397 g/mol. The summed E-state index contributed by atoms with van der Waals surface area (Å²) < 4.78 is 0. The van der Waals surface area contributed by atoms with Gasteiger partial charge in [0.1, 0.15) is 5.75 Å². The molecule has 5 nitrogen and oxygen atoms in total. The van der Waals surface area contributed by atoms with Crippen molar-refractivity contribution in [2.75, 3.05) is 18.4 Å². The molecule has 1 aromatic heterocycles. The van der Waals surface area contributed by atoms with Gasteiger partial charge in [0.25, 0.3) is 5.91 Å². The molecule has 150 valence electrons. The molecule has 0 radical (unpaired) electrons. The number of aromatic hydroxyl groups is 1. The van der Waals surface area contributed by atoms with Crippen LogP contribution in [-0.2, 0) is 13.0 Å². The Morgan fingerprint density at radius 1 is 1.03 bits per heavy atom. The van der Waals surface area contributed by atoms with Crippen molar-refractivity contribution >= 4 is 33.3 Å². The molecule has 4 aromatic rings. The molecular formula is C25H23N3O2. The molecule has 2 N–H and O–H groups in total. The van der Waals surface area contributed by atoms with Crippen molar-refractivity contribution in [2.45, 2.75) is 19.9 Å². The van der Waals surface area contributed by atoms with Gasteiger partial charge in [-0.1, -0.05) is 49.4 Å². The van der Waals surface area contributed by atoms with Crippen LogP contribution in [-0.4, -0.2) is 34.0 Å². The number of benzene rings is 3. The SMILES string of the molecule is CCN1CCc2nc3ccccc3c(C(=O)Nc3cccc4c(O)cccc34)c2C1. The largest absolute Gasteiger partial charge is 0.507 e. The van der Waals surface area contributed by atoms with E-state index in [1.54, 1.807) is 12.1 Å². The molecule has 1 amide bonds. The molecule has 30 heavy (non-hydrogen) atoms. The van der Waals surface area contributed by atoms with Crippen LogP contribution >= 0.6 is 0 Å². The number of anilines is 1. The summed E-state index contributed by atoms with van der Waals surface area (Å²) in [5.41, 5.74) is 4.26. The first-order chi connectivity index (χ1) is 14.7. The molecule has 5 heteroatoms. The van der Waals surface area contributed by atoms with Crippen LogP contribution in [0.25, 0.3) is 21.7 Å². The van der Waals surface area contributed by atoms with Gasteiger partial charge in [-0.05, 0) is 24.7 Å². The zero-order chi connectivity index (χ0) is 20.7. The Hall–Kier alpha value is -3.44. The summed E-state index contributed by atoms with van der Waals surface area (Å²) in [4.78, 5) is 20.8. The molecule has 0 saturated carbocycles. The normalized spacial score (nSPS) is 14.0. The highest BCUT2D eigenvalue weighted by Gasteiger charge is 2.25. The molecule has 0 spiro atoms. The maximum absolute atomic E-state index is 13.6. The van der Waals surface area contributed by atoms with E-state index < -0.39 is 0 Å². The number of nitrogens with one attached hydrogen (secondary N) is 1. The van der Waals surface area contributed by atoms with E-state index in [9.17, 15) is 9.90 Å². The molecule has 0 atom stereocenters. The second kappa shape index (κ2) is 7.43. The quantitative estimate of drug-likeness (QED) is 0.525. The van der Waals surface area contributed by atoms with E-state index in [1.807, 2.05) is 48.5 Å². The lowest BCUT2D eigenvalue weighted by Gasteiger charge is -2.29. The van der Waals surface area contributed by atoms with Crippen molar-refractivity contribution in [3.63, 3.8) is 0 Å². The van der Waals surface area contributed by atoms with E-state index in [0.29, 0.717) is 16.6 Å². The van der Waals surface area contributed by atoms with Gasteiger partial charge in [-0.15, -0.1) is 0 Å². The Balaban J connectivity index is 1.64. The lowest BCUT2D eigenvalue weighted by molar-refractivity contribution is 0.102. The minimum Gasteiger partial charge on any atom is -0.507 e. The summed E-state index contributed by atoms with van der Waals surface area (Å²) >= 11 is 0. The molecule has 2 heterocycles. The van der Waals surface area contributed by atoms with E-state index in [1.165, 1.54) is 0 Å². The van der Waals surface area contributed by atoms with E-state index in [2.05, 4.69) is 17.1 Å². The summed E-state index contributed by atoms with van der Waals surface area (Å²) in [7, 11) is 0. The van der Waals surface area contributed by atoms with Gasteiger partial charge in [0, 0.05) is 52.6 Å². The predicted molar refractivity (Wildman–Crippen MR) is 120 cm³/mol. The number of phenolic OH excluding ortho intramolecular Hbond substituents is 1. The Labute approximate surface area is 175 Å². The molecule has 5 rings (SSSR count). The molecule has 0 aliphatic carbocycles. The number of likely N-dealkylation sites (N-methyl/N-ethyl adjacent to an activating group) is 1. The van der Waals surface area contributed by atoms with E-state index in [4.69, 9.17) is 4.98 Å². The van der Waals surface area contributed by atoms with E-state index >= 15 is 0 Å². The van der Waals surface area contributed by atoms with Gasteiger partial charge in [-0.2, -0.15) is 0 Å². The van der Waals surface area contributed by atoms with Crippen molar-refractivity contribution in [3.8, 4) is 5.75 Å². The van der Waals surface area contributed by atoms with Crippen LogP contribution in [0.1, 0.15) is 28.5 Å². The maximum Gasteiger partial charge on any atom is 0.256 e. The predicted octanol–water partition coefficient (Wildman–Crippen LogP) is 4.72. The van der Waals surface area contributed by atoms with Gasteiger partial charge >= 0.3 is 0 Å². The fourth-order valence-corrected chi connectivity index (χ4v) is 4.36. The molecule has 0 unspecified atom stereocenters. The smallest absolute Gasteiger partial charge is 0.256 e. The highest BCUT2D eigenvalue weighted by atomic mass is 16.3. The first-order valence-corrected chi connectivity index (χ1v) is 10.3. The lowest BCUT2D eigenvalue weighted by atomic mass is 9.95. The first kappa shape index (κ1) is 18.6. The lowest BCUT2D eigenvalue weighted by Crippen LogP contribution is -2.33. The van der Waals surface area contributed by atoms with Crippen molar-refractivity contribution in [1.82, 2.24) is 9.88 Å². The Morgan fingerprint density at radius 2 is 1.80 bits per heavy atom. The Kier molecular flexibility index (Phi) is 4.60. The summed E-state index contributed by atoms with van der Waals surface area (Å²) in [6.07, 6.45) is 0.844. The van der Waals surface area contributed by atoms with Crippen LogP contribution in [0, 0.1) is 0 Å². The number of pyridine rings is 1. The molecule has 0 bridgehead atoms.